The second kappa shape index (κ2) is 8.64. The molecule has 0 bridgehead atoms. The Hall–Kier alpha value is -3.55. The standard InChI is InChI=1S/C21H21FN6O/c22-18-5-2-1-4-16(18)15-26-20(29)19-14-17(6-9-23-19)27-10-12-28(13-11-27)21-24-7-3-8-25-21/h1-9,14H,10-13,15H2,(H,26,29). The summed E-state index contributed by atoms with van der Waals surface area (Å²) >= 11 is 0. The van der Waals surface area contributed by atoms with Crippen LogP contribution in [0.4, 0.5) is 16.0 Å². The van der Waals surface area contributed by atoms with Crippen molar-refractivity contribution in [2.24, 2.45) is 0 Å². The predicted octanol–water partition coefficient (Wildman–Crippen LogP) is 2.27. The number of carbonyl (C=O) groups excluding carboxylic acids is 1. The van der Waals surface area contributed by atoms with Gasteiger partial charge in [-0.3, -0.25) is 9.78 Å². The van der Waals surface area contributed by atoms with Gasteiger partial charge in [0.2, 0.25) is 5.95 Å². The van der Waals surface area contributed by atoms with Crippen molar-refractivity contribution < 1.29 is 9.18 Å². The molecule has 0 atom stereocenters. The number of nitrogens with zero attached hydrogens (tertiary/aromatic N) is 5. The van der Waals surface area contributed by atoms with Gasteiger partial charge in [-0.25, -0.2) is 14.4 Å². The summed E-state index contributed by atoms with van der Waals surface area (Å²) in [7, 11) is 0. The Labute approximate surface area is 168 Å². The predicted molar refractivity (Wildman–Crippen MR) is 108 cm³/mol. The molecule has 7 nitrogen and oxygen atoms in total. The quantitative estimate of drug-likeness (QED) is 0.718. The van der Waals surface area contributed by atoms with Gasteiger partial charge in [0.05, 0.1) is 0 Å². The minimum absolute atomic E-state index is 0.118. The topological polar surface area (TPSA) is 74.2 Å². The van der Waals surface area contributed by atoms with Gasteiger partial charge in [0, 0.05) is 62.6 Å². The molecule has 148 valence electrons. The minimum Gasteiger partial charge on any atom is -0.368 e. The summed E-state index contributed by atoms with van der Waals surface area (Å²) in [5, 5.41) is 2.73. The lowest BCUT2D eigenvalue weighted by atomic mass is 10.2. The Bertz CT molecular complexity index is 976. The van der Waals surface area contributed by atoms with Gasteiger partial charge in [-0.15, -0.1) is 0 Å². The monoisotopic (exact) mass is 392 g/mol. The fourth-order valence-electron chi connectivity index (χ4n) is 3.27. The van der Waals surface area contributed by atoms with Crippen LogP contribution in [0.5, 0.6) is 0 Å². The van der Waals surface area contributed by atoms with Gasteiger partial charge >= 0.3 is 0 Å². The van der Waals surface area contributed by atoms with E-state index in [1.54, 1.807) is 48.9 Å². The van der Waals surface area contributed by atoms with Crippen LogP contribution in [0.3, 0.4) is 0 Å². The van der Waals surface area contributed by atoms with Gasteiger partial charge in [-0.1, -0.05) is 18.2 Å². The minimum atomic E-state index is -0.338. The molecule has 1 saturated heterocycles. The smallest absolute Gasteiger partial charge is 0.270 e. The highest BCUT2D eigenvalue weighted by Gasteiger charge is 2.20. The van der Waals surface area contributed by atoms with E-state index in [0.29, 0.717) is 11.3 Å². The summed E-state index contributed by atoms with van der Waals surface area (Å²) < 4.78 is 13.7. The third kappa shape index (κ3) is 4.48. The molecular formula is C21H21FN6O. The Morgan fingerprint density at radius 1 is 0.931 bits per heavy atom. The number of carbonyl (C=O) groups is 1. The van der Waals surface area contributed by atoms with Crippen molar-refractivity contribution >= 4 is 17.5 Å². The number of hydrogen-bond donors (Lipinski definition) is 1. The first kappa shape index (κ1) is 18.8. The fourth-order valence-corrected chi connectivity index (χ4v) is 3.27. The number of nitrogens with one attached hydrogen (secondary N) is 1. The van der Waals surface area contributed by atoms with Crippen molar-refractivity contribution in [2.45, 2.75) is 6.54 Å². The number of halogens is 1. The van der Waals surface area contributed by atoms with Crippen LogP contribution in [0.1, 0.15) is 16.1 Å². The molecule has 1 fully saturated rings. The van der Waals surface area contributed by atoms with Crippen LogP contribution >= 0.6 is 0 Å². The highest BCUT2D eigenvalue weighted by molar-refractivity contribution is 5.93. The number of rotatable bonds is 5. The second-order valence-electron chi connectivity index (χ2n) is 6.70. The zero-order valence-electron chi connectivity index (χ0n) is 15.8. The highest BCUT2D eigenvalue weighted by atomic mass is 19.1. The van der Waals surface area contributed by atoms with Crippen molar-refractivity contribution in [3.8, 4) is 0 Å². The van der Waals surface area contributed by atoms with Crippen LogP contribution in [0.25, 0.3) is 0 Å². The molecular weight excluding hydrogens is 371 g/mol. The summed E-state index contributed by atoms with van der Waals surface area (Å²) in [5.41, 5.74) is 1.69. The van der Waals surface area contributed by atoms with Crippen LogP contribution in [0.2, 0.25) is 0 Å². The number of aromatic nitrogens is 3. The molecule has 0 saturated carbocycles. The number of hydrogen-bond acceptors (Lipinski definition) is 6. The van der Waals surface area contributed by atoms with Crippen LogP contribution in [-0.2, 0) is 6.54 Å². The van der Waals surface area contributed by atoms with Crippen LogP contribution in [0, 0.1) is 5.82 Å². The van der Waals surface area contributed by atoms with E-state index in [-0.39, 0.29) is 18.3 Å². The molecule has 1 N–H and O–H groups in total. The summed E-state index contributed by atoms with van der Waals surface area (Å²) in [4.78, 5) is 29.6. The summed E-state index contributed by atoms with van der Waals surface area (Å²) in [5.74, 6) is 0.0660. The average molecular weight is 392 g/mol. The van der Waals surface area contributed by atoms with Gasteiger partial charge in [0.1, 0.15) is 11.5 Å². The lowest BCUT2D eigenvalue weighted by Gasteiger charge is -2.36. The van der Waals surface area contributed by atoms with Gasteiger partial charge < -0.3 is 15.1 Å². The molecule has 1 aliphatic rings. The fraction of sp³-hybridized carbons (Fsp3) is 0.238. The molecule has 0 radical (unpaired) electrons. The number of benzene rings is 1. The summed E-state index contributed by atoms with van der Waals surface area (Å²) in [6, 6.07) is 11.8. The van der Waals surface area contributed by atoms with Crippen molar-refractivity contribution in [3.63, 3.8) is 0 Å². The normalized spacial score (nSPS) is 14.0. The first-order valence-corrected chi connectivity index (χ1v) is 9.45. The number of pyridine rings is 1. The number of piperazine rings is 1. The lowest BCUT2D eigenvalue weighted by Crippen LogP contribution is -2.47. The van der Waals surface area contributed by atoms with Crippen LogP contribution < -0.4 is 15.1 Å². The summed E-state index contributed by atoms with van der Waals surface area (Å²) in [6.45, 7) is 3.28. The maximum atomic E-state index is 13.7. The molecule has 0 aliphatic carbocycles. The van der Waals surface area contributed by atoms with Crippen molar-refractivity contribution in [1.82, 2.24) is 20.3 Å². The van der Waals surface area contributed by atoms with Gasteiger partial charge in [-0.05, 0) is 24.3 Å². The molecule has 2 aromatic heterocycles. The van der Waals surface area contributed by atoms with Crippen LogP contribution in [-0.4, -0.2) is 47.0 Å². The van der Waals surface area contributed by atoms with Gasteiger partial charge in [0.15, 0.2) is 0 Å². The molecule has 1 aliphatic heterocycles. The van der Waals surface area contributed by atoms with Crippen LogP contribution in [0.15, 0.2) is 61.1 Å². The molecule has 1 aromatic carbocycles. The third-order valence-corrected chi connectivity index (χ3v) is 4.85. The van der Waals surface area contributed by atoms with E-state index in [1.165, 1.54) is 6.07 Å². The van der Waals surface area contributed by atoms with Crippen molar-refractivity contribution in [1.29, 1.82) is 0 Å². The Morgan fingerprint density at radius 3 is 2.41 bits per heavy atom. The van der Waals surface area contributed by atoms with E-state index in [2.05, 4.69) is 30.1 Å². The molecule has 0 spiro atoms. The van der Waals surface area contributed by atoms with Crippen molar-refractivity contribution in [3.05, 3.63) is 78.1 Å². The molecule has 8 heteroatoms. The SMILES string of the molecule is O=C(NCc1ccccc1F)c1cc(N2CCN(c3ncccn3)CC2)ccn1. The third-order valence-electron chi connectivity index (χ3n) is 4.85. The van der Waals surface area contributed by atoms with E-state index in [4.69, 9.17) is 0 Å². The summed E-state index contributed by atoms with van der Waals surface area (Å²) in [6.07, 6.45) is 5.10. The lowest BCUT2D eigenvalue weighted by molar-refractivity contribution is 0.0945. The molecule has 1 amide bonds. The van der Waals surface area contributed by atoms with E-state index >= 15 is 0 Å². The molecule has 0 unspecified atom stereocenters. The van der Waals surface area contributed by atoms with Gasteiger partial charge in [0.25, 0.3) is 5.91 Å². The molecule has 3 heterocycles. The van der Waals surface area contributed by atoms with E-state index in [9.17, 15) is 9.18 Å². The Kier molecular flexibility index (Phi) is 5.60. The van der Waals surface area contributed by atoms with Crippen molar-refractivity contribution in [2.75, 3.05) is 36.0 Å². The second-order valence-corrected chi connectivity index (χ2v) is 6.70. The zero-order valence-corrected chi connectivity index (χ0v) is 15.8. The molecule has 3 aromatic rings. The van der Waals surface area contributed by atoms with E-state index < -0.39 is 0 Å². The molecule has 4 rings (SSSR count). The molecule has 29 heavy (non-hydrogen) atoms. The number of amides is 1. The maximum Gasteiger partial charge on any atom is 0.270 e. The highest BCUT2D eigenvalue weighted by Crippen LogP contribution is 2.18. The maximum absolute atomic E-state index is 13.7. The average Bonchev–Trinajstić information content (AvgIpc) is 2.79. The van der Waals surface area contributed by atoms with Gasteiger partial charge in [-0.2, -0.15) is 0 Å². The van der Waals surface area contributed by atoms with E-state index in [0.717, 1.165) is 37.8 Å². The first-order valence-electron chi connectivity index (χ1n) is 9.45. The number of anilines is 2. The first-order chi connectivity index (χ1) is 14.2. The largest absolute Gasteiger partial charge is 0.368 e. The zero-order chi connectivity index (χ0) is 20.1. The Balaban J connectivity index is 1.37. The van der Waals surface area contributed by atoms with E-state index in [1.807, 2.05) is 6.07 Å². The Morgan fingerprint density at radius 2 is 1.66 bits per heavy atom.